The molecule has 0 saturated heterocycles. The summed E-state index contributed by atoms with van der Waals surface area (Å²) in [5, 5.41) is 12.3. The molecule has 1 aromatic rings. The maximum atomic E-state index is 11.6. The zero-order chi connectivity index (χ0) is 12.1. The number of hydrogen-bond donors (Lipinski definition) is 1. The second-order valence-corrected chi connectivity index (χ2v) is 3.54. The number of hydrogen-bond acceptors (Lipinski definition) is 5. The van der Waals surface area contributed by atoms with Gasteiger partial charge in [-0.25, -0.2) is 0 Å². The van der Waals surface area contributed by atoms with Crippen LogP contribution in [0, 0.1) is 10.8 Å². The minimum atomic E-state index is -0.482. The summed E-state index contributed by atoms with van der Waals surface area (Å²) in [4.78, 5) is 25.9. The standard InChI is InChI=1S/C11H12N2O3/c1-7(2)10(14)9(13-16)11(15)8-3-5-12-6-4-8/h3-7,15H,1-2H3. The Morgan fingerprint density at radius 3 is 2.38 bits per heavy atom. The smallest absolute Gasteiger partial charge is 0.193 e. The first kappa shape index (κ1) is 12.0. The quantitative estimate of drug-likeness (QED) is 0.479. The van der Waals surface area contributed by atoms with Crippen molar-refractivity contribution in [2.75, 3.05) is 0 Å². The molecular weight excluding hydrogens is 208 g/mol. The number of nitroso groups, excluding NO2 is 1. The van der Waals surface area contributed by atoms with Crippen LogP contribution in [-0.2, 0) is 4.79 Å². The molecule has 1 heterocycles. The topological polar surface area (TPSA) is 79.6 Å². The first-order valence-corrected chi connectivity index (χ1v) is 4.79. The van der Waals surface area contributed by atoms with E-state index in [1.807, 2.05) is 0 Å². The highest BCUT2D eigenvalue weighted by molar-refractivity contribution is 6.01. The number of pyridine rings is 1. The number of aromatic nitrogens is 1. The van der Waals surface area contributed by atoms with Gasteiger partial charge in [-0.15, -0.1) is 4.91 Å². The molecule has 0 amide bonds. The van der Waals surface area contributed by atoms with E-state index < -0.39 is 23.2 Å². The Morgan fingerprint density at radius 2 is 1.94 bits per heavy atom. The second-order valence-electron chi connectivity index (χ2n) is 3.54. The highest BCUT2D eigenvalue weighted by atomic mass is 16.3. The number of allylic oxidation sites excluding steroid dienone is 1. The van der Waals surface area contributed by atoms with Crippen molar-refractivity contribution in [1.82, 2.24) is 4.98 Å². The van der Waals surface area contributed by atoms with Gasteiger partial charge in [0.15, 0.2) is 17.2 Å². The lowest BCUT2D eigenvalue weighted by atomic mass is 10.0. The third kappa shape index (κ3) is 2.50. The van der Waals surface area contributed by atoms with E-state index in [2.05, 4.69) is 10.2 Å². The Hall–Kier alpha value is -2.04. The van der Waals surface area contributed by atoms with Crippen molar-refractivity contribution in [1.29, 1.82) is 0 Å². The van der Waals surface area contributed by atoms with E-state index in [9.17, 15) is 14.8 Å². The third-order valence-corrected chi connectivity index (χ3v) is 2.03. The molecule has 0 bridgehead atoms. The van der Waals surface area contributed by atoms with Gasteiger partial charge in [-0.05, 0) is 17.3 Å². The van der Waals surface area contributed by atoms with Crippen LogP contribution in [-0.4, -0.2) is 15.9 Å². The largest absolute Gasteiger partial charge is 0.505 e. The number of nitrogens with zero attached hydrogens (tertiary/aromatic N) is 2. The van der Waals surface area contributed by atoms with Crippen LogP contribution < -0.4 is 0 Å². The van der Waals surface area contributed by atoms with E-state index in [4.69, 9.17) is 0 Å². The predicted octanol–water partition coefficient (Wildman–Crippen LogP) is 2.30. The minimum Gasteiger partial charge on any atom is -0.505 e. The van der Waals surface area contributed by atoms with Gasteiger partial charge in [-0.3, -0.25) is 9.78 Å². The number of Topliss-reactive ketones (excluding diaryl/α,β-unsaturated/α-hetero) is 1. The number of carbonyl (C=O) groups excluding carboxylic acids is 1. The molecule has 1 aromatic heterocycles. The van der Waals surface area contributed by atoms with Crippen LogP contribution in [0.15, 0.2) is 35.4 Å². The highest BCUT2D eigenvalue weighted by Gasteiger charge is 2.20. The van der Waals surface area contributed by atoms with E-state index in [1.165, 1.54) is 24.5 Å². The van der Waals surface area contributed by atoms with Gasteiger partial charge in [-0.2, -0.15) is 0 Å². The molecule has 0 fully saturated rings. The van der Waals surface area contributed by atoms with Gasteiger partial charge in [0.25, 0.3) is 0 Å². The molecule has 0 aliphatic carbocycles. The van der Waals surface area contributed by atoms with Gasteiger partial charge in [-0.1, -0.05) is 13.8 Å². The summed E-state index contributed by atoms with van der Waals surface area (Å²) < 4.78 is 0. The van der Waals surface area contributed by atoms with Crippen molar-refractivity contribution in [3.05, 3.63) is 40.7 Å². The van der Waals surface area contributed by atoms with Crippen LogP contribution in [0.4, 0.5) is 0 Å². The number of aliphatic hydroxyl groups excluding tert-OH is 1. The van der Waals surface area contributed by atoms with Crippen LogP contribution in [0.2, 0.25) is 0 Å². The van der Waals surface area contributed by atoms with E-state index >= 15 is 0 Å². The van der Waals surface area contributed by atoms with Crippen LogP contribution in [0.5, 0.6) is 0 Å². The normalized spacial score (nSPS) is 12.2. The summed E-state index contributed by atoms with van der Waals surface area (Å²) in [6.07, 6.45) is 2.90. The van der Waals surface area contributed by atoms with Gasteiger partial charge >= 0.3 is 0 Å². The molecule has 1 N–H and O–H groups in total. The number of ketones is 1. The monoisotopic (exact) mass is 220 g/mol. The summed E-state index contributed by atoms with van der Waals surface area (Å²) in [7, 11) is 0. The molecule has 0 aromatic carbocycles. The van der Waals surface area contributed by atoms with Crippen LogP contribution in [0.3, 0.4) is 0 Å². The second kappa shape index (κ2) is 5.16. The Labute approximate surface area is 92.8 Å². The molecule has 1 rings (SSSR count). The average molecular weight is 220 g/mol. The Kier molecular flexibility index (Phi) is 3.88. The summed E-state index contributed by atoms with van der Waals surface area (Å²) in [6, 6.07) is 2.99. The highest BCUT2D eigenvalue weighted by Crippen LogP contribution is 2.19. The van der Waals surface area contributed by atoms with Gasteiger partial charge in [0, 0.05) is 23.9 Å². The van der Waals surface area contributed by atoms with Gasteiger partial charge < -0.3 is 5.11 Å². The van der Waals surface area contributed by atoms with E-state index in [-0.39, 0.29) is 0 Å². The maximum Gasteiger partial charge on any atom is 0.193 e. The van der Waals surface area contributed by atoms with Gasteiger partial charge in [0.2, 0.25) is 0 Å². The first-order valence-electron chi connectivity index (χ1n) is 4.79. The Balaban J connectivity index is 3.20. The van der Waals surface area contributed by atoms with E-state index in [0.29, 0.717) is 5.56 Å². The molecule has 0 atom stereocenters. The Bertz CT molecular complexity index is 424. The van der Waals surface area contributed by atoms with Crippen molar-refractivity contribution >= 4 is 11.5 Å². The fraction of sp³-hybridized carbons (Fsp3) is 0.273. The molecule has 0 spiro atoms. The Morgan fingerprint density at radius 1 is 1.38 bits per heavy atom. The van der Waals surface area contributed by atoms with Crippen molar-refractivity contribution in [2.45, 2.75) is 13.8 Å². The summed E-state index contributed by atoms with van der Waals surface area (Å²) in [6.45, 7) is 3.26. The lowest BCUT2D eigenvalue weighted by molar-refractivity contribution is -0.118. The molecule has 5 nitrogen and oxygen atoms in total. The predicted molar refractivity (Wildman–Crippen MR) is 59.4 cm³/mol. The summed E-state index contributed by atoms with van der Waals surface area (Å²) >= 11 is 0. The third-order valence-electron chi connectivity index (χ3n) is 2.03. The first-order chi connectivity index (χ1) is 7.57. The van der Waals surface area contributed by atoms with E-state index in [1.54, 1.807) is 13.8 Å². The molecule has 0 radical (unpaired) electrons. The summed E-state index contributed by atoms with van der Waals surface area (Å²) in [5.74, 6) is -1.28. The molecule has 0 saturated carbocycles. The molecule has 0 unspecified atom stereocenters. The number of rotatable bonds is 4. The number of aliphatic hydroxyl groups is 1. The van der Waals surface area contributed by atoms with Crippen LogP contribution >= 0.6 is 0 Å². The van der Waals surface area contributed by atoms with Crippen molar-refractivity contribution in [3.8, 4) is 0 Å². The molecule has 5 heteroatoms. The van der Waals surface area contributed by atoms with Gasteiger partial charge in [0.1, 0.15) is 0 Å². The van der Waals surface area contributed by atoms with Crippen molar-refractivity contribution < 1.29 is 9.90 Å². The SMILES string of the molecule is CC(C)C(=O)C(N=O)=C(O)c1ccncc1. The minimum absolute atomic E-state index is 0.346. The zero-order valence-electron chi connectivity index (χ0n) is 9.04. The lowest BCUT2D eigenvalue weighted by Gasteiger charge is -2.05. The zero-order valence-corrected chi connectivity index (χ0v) is 9.04. The lowest BCUT2D eigenvalue weighted by Crippen LogP contribution is -2.10. The maximum absolute atomic E-state index is 11.6. The molecule has 0 aliphatic heterocycles. The molecular formula is C11H12N2O3. The fourth-order valence-corrected chi connectivity index (χ4v) is 1.12. The van der Waals surface area contributed by atoms with Gasteiger partial charge in [0.05, 0.1) is 0 Å². The fourth-order valence-electron chi connectivity index (χ4n) is 1.12. The van der Waals surface area contributed by atoms with E-state index in [0.717, 1.165) is 0 Å². The molecule has 84 valence electrons. The summed E-state index contributed by atoms with van der Waals surface area (Å²) in [5.41, 5.74) is -0.0974. The van der Waals surface area contributed by atoms with Crippen molar-refractivity contribution in [2.24, 2.45) is 11.1 Å². The van der Waals surface area contributed by atoms with Crippen LogP contribution in [0.1, 0.15) is 19.4 Å². The average Bonchev–Trinajstić information content (AvgIpc) is 2.30. The van der Waals surface area contributed by atoms with Crippen molar-refractivity contribution in [3.63, 3.8) is 0 Å². The molecule has 0 aliphatic rings. The van der Waals surface area contributed by atoms with Crippen LogP contribution in [0.25, 0.3) is 5.76 Å². The molecule has 16 heavy (non-hydrogen) atoms. The number of carbonyl (C=O) groups is 1.